The van der Waals surface area contributed by atoms with E-state index in [0.717, 1.165) is 15.1 Å². The molecule has 1 amide bonds. The maximum absolute atomic E-state index is 13.4. The first kappa shape index (κ1) is 28.8. The minimum Gasteiger partial charge on any atom is -0.487 e. The van der Waals surface area contributed by atoms with Gasteiger partial charge in [0.1, 0.15) is 36.6 Å². The average molecular weight is 595 g/mol. The number of halogens is 2. The summed E-state index contributed by atoms with van der Waals surface area (Å²) in [6.45, 7) is 6.26. The summed E-state index contributed by atoms with van der Waals surface area (Å²) in [5, 5.41) is 13.9. The molecular formula is C30H30ClFN5O3S+. The highest BCUT2D eigenvalue weighted by Gasteiger charge is 2.58. The van der Waals surface area contributed by atoms with Gasteiger partial charge >= 0.3 is 6.09 Å². The number of carboxylic acid groups (broad SMARTS) is 1. The minimum absolute atomic E-state index is 0.185. The summed E-state index contributed by atoms with van der Waals surface area (Å²) in [6.07, 6.45) is 1.06. The van der Waals surface area contributed by atoms with Gasteiger partial charge in [-0.15, -0.1) is 11.3 Å². The third-order valence-corrected chi connectivity index (χ3v) is 8.61. The Hall–Kier alpha value is -3.75. The second-order valence-corrected chi connectivity index (χ2v) is 12.5. The smallest absolute Gasteiger partial charge is 0.487 e. The summed E-state index contributed by atoms with van der Waals surface area (Å²) in [5.41, 5.74) is 7.77. The Balaban J connectivity index is 1.36. The highest BCUT2D eigenvalue weighted by Crippen LogP contribution is 2.37. The van der Waals surface area contributed by atoms with Crippen LogP contribution in [0.25, 0.3) is 10.2 Å². The van der Waals surface area contributed by atoms with Crippen molar-refractivity contribution in [1.29, 1.82) is 0 Å². The van der Waals surface area contributed by atoms with Crippen LogP contribution in [-0.2, 0) is 6.61 Å². The van der Waals surface area contributed by atoms with E-state index in [9.17, 15) is 14.3 Å². The average Bonchev–Trinajstić information content (AvgIpc) is 3.48. The van der Waals surface area contributed by atoms with E-state index in [1.807, 2.05) is 32.9 Å². The predicted octanol–water partition coefficient (Wildman–Crippen LogP) is 6.55. The van der Waals surface area contributed by atoms with E-state index in [1.54, 1.807) is 24.3 Å². The number of hydrogen-bond donors (Lipinski definition) is 3. The number of nitrogens with two attached hydrogens (primary N) is 1. The number of anilines is 2. The SMILES string of the molecule is CC(C)(C)[N+]1(C(=O)O)C[C@@H](N)C[C@@H]1C#Cc1cc2ncnc(Nc3ccc(OCc4cccc(F)c4)c(Cl)c3)c2s1. The molecule has 0 bridgehead atoms. The molecule has 1 aliphatic rings. The summed E-state index contributed by atoms with van der Waals surface area (Å²) in [7, 11) is 0. The van der Waals surface area contributed by atoms with Crippen LogP contribution >= 0.6 is 22.9 Å². The second kappa shape index (κ2) is 11.3. The van der Waals surface area contributed by atoms with Crippen LogP contribution in [0.2, 0.25) is 5.02 Å². The molecular weight excluding hydrogens is 565 g/mol. The Morgan fingerprint density at radius 1 is 1.27 bits per heavy atom. The normalized spacial score (nSPS) is 20.4. The van der Waals surface area contributed by atoms with Crippen molar-refractivity contribution in [2.45, 2.75) is 51.4 Å². The largest absolute Gasteiger partial charge is 0.515 e. The maximum Gasteiger partial charge on any atom is 0.515 e. The van der Waals surface area contributed by atoms with Gasteiger partial charge in [0.25, 0.3) is 0 Å². The first-order valence-corrected chi connectivity index (χ1v) is 14.2. The van der Waals surface area contributed by atoms with Crippen LogP contribution < -0.4 is 15.8 Å². The first-order valence-electron chi connectivity index (χ1n) is 13.0. The quantitative estimate of drug-likeness (QED) is 0.177. The highest BCUT2D eigenvalue weighted by molar-refractivity contribution is 7.20. The number of likely N-dealkylation sites (tertiary alicyclic amines) is 1. The topological polar surface area (TPSA) is 110 Å². The fraction of sp³-hybridized carbons (Fsp3) is 0.300. The number of hydrogen-bond acceptors (Lipinski definition) is 7. The Bertz CT molecular complexity index is 1680. The molecule has 0 saturated carbocycles. The number of thiophene rings is 1. The molecule has 3 heterocycles. The van der Waals surface area contributed by atoms with Crippen molar-refractivity contribution in [3.8, 4) is 17.6 Å². The number of nitrogens with zero attached hydrogens (tertiary/aromatic N) is 3. The monoisotopic (exact) mass is 594 g/mol. The van der Waals surface area contributed by atoms with E-state index >= 15 is 0 Å². The van der Waals surface area contributed by atoms with Gasteiger partial charge in [-0.2, -0.15) is 4.79 Å². The molecule has 0 aliphatic carbocycles. The van der Waals surface area contributed by atoms with E-state index in [4.69, 9.17) is 22.1 Å². The third kappa shape index (κ3) is 5.85. The molecule has 41 heavy (non-hydrogen) atoms. The van der Waals surface area contributed by atoms with Gasteiger partial charge in [0.05, 0.1) is 26.2 Å². The summed E-state index contributed by atoms with van der Waals surface area (Å²) >= 11 is 7.89. The molecule has 2 aromatic carbocycles. The number of carbonyl (C=O) groups is 1. The zero-order valence-corrected chi connectivity index (χ0v) is 24.4. The van der Waals surface area contributed by atoms with Crippen LogP contribution in [-0.4, -0.2) is 49.8 Å². The number of ether oxygens (including phenoxy) is 1. The van der Waals surface area contributed by atoms with Crippen LogP contribution in [0.4, 0.5) is 20.7 Å². The Morgan fingerprint density at radius 2 is 2.07 bits per heavy atom. The summed E-state index contributed by atoms with van der Waals surface area (Å²) in [5.74, 6) is 7.16. The van der Waals surface area contributed by atoms with Gasteiger partial charge in [0, 0.05) is 12.1 Å². The number of aromatic nitrogens is 2. The highest BCUT2D eigenvalue weighted by atomic mass is 35.5. The van der Waals surface area contributed by atoms with Crippen molar-refractivity contribution in [2.24, 2.45) is 5.73 Å². The van der Waals surface area contributed by atoms with Crippen LogP contribution in [0, 0.1) is 17.7 Å². The summed E-state index contributed by atoms with van der Waals surface area (Å²) in [6, 6.07) is 12.7. The number of benzene rings is 2. The van der Waals surface area contributed by atoms with Gasteiger partial charge < -0.3 is 20.9 Å². The van der Waals surface area contributed by atoms with Gasteiger partial charge in [0.2, 0.25) is 0 Å². The van der Waals surface area contributed by atoms with Crippen molar-refractivity contribution >= 4 is 50.8 Å². The number of rotatable bonds is 5. The first-order chi connectivity index (χ1) is 19.5. The zero-order chi connectivity index (χ0) is 29.4. The molecule has 4 aromatic rings. The van der Waals surface area contributed by atoms with E-state index in [2.05, 4.69) is 27.1 Å². The van der Waals surface area contributed by atoms with Crippen LogP contribution in [0.15, 0.2) is 54.9 Å². The lowest BCUT2D eigenvalue weighted by Crippen LogP contribution is -2.66. The number of amides is 1. The van der Waals surface area contributed by atoms with Crippen molar-refractivity contribution in [1.82, 2.24) is 9.97 Å². The lowest BCUT2D eigenvalue weighted by molar-refractivity contribution is -0.907. The summed E-state index contributed by atoms with van der Waals surface area (Å²) < 4.78 is 19.8. The fourth-order valence-corrected chi connectivity index (χ4v) is 6.38. The van der Waals surface area contributed by atoms with Crippen LogP contribution in [0.1, 0.15) is 37.6 Å². The second-order valence-electron chi connectivity index (χ2n) is 11.0. The lowest BCUT2D eigenvalue weighted by Gasteiger charge is -2.43. The molecule has 3 atom stereocenters. The molecule has 212 valence electrons. The van der Waals surface area contributed by atoms with E-state index in [0.29, 0.717) is 40.8 Å². The molecule has 4 N–H and O–H groups in total. The molecule has 1 unspecified atom stereocenters. The Kier molecular flexibility index (Phi) is 7.90. The van der Waals surface area contributed by atoms with Crippen LogP contribution in [0.5, 0.6) is 5.75 Å². The van der Waals surface area contributed by atoms with E-state index < -0.39 is 17.7 Å². The molecule has 1 aliphatic heterocycles. The maximum atomic E-state index is 13.4. The summed E-state index contributed by atoms with van der Waals surface area (Å²) in [4.78, 5) is 22.0. The van der Waals surface area contributed by atoms with Gasteiger partial charge in [-0.1, -0.05) is 23.7 Å². The van der Waals surface area contributed by atoms with Crippen LogP contribution in [0.3, 0.4) is 0 Å². The predicted molar refractivity (Wildman–Crippen MR) is 159 cm³/mol. The van der Waals surface area contributed by atoms with Crippen molar-refractivity contribution in [3.05, 3.63) is 76.1 Å². The molecule has 2 aromatic heterocycles. The standard InChI is InChI=1S/C30H29ClFN5O3S/c1-30(2,3)37(29(38)39)15-20(33)12-22(37)8-9-23-14-25-27(41-23)28(35-17-34-25)36-21-7-10-26(24(31)13-21)40-16-18-5-4-6-19(32)11-18/h4-7,10-11,13-14,17,20,22H,12,15-16,33H2,1-3H3,(H-,34,35,36,38,39)/p+1/t20-,22-,37?/m0/s1. The van der Waals surface area contributed by atoms with Gasteiger partial charge in [0.15, 0.2) is 11.9 Å². The zero-order valence-electron chi connectivity index (χ0n) is 22.8. The van der Waals surface area contributed by atoms with Gasteiger partial charge in [-0.25, -0.2) is 18.8 Å². The fourth-order valence-electron chi connectivity index (χ4n) is 5.23. The molecule has 8 nitrogen and oxygen atoms in total. The molecule has 1 saturated heterocycles. The van der Waals surface area contributed by atoms with Crippen molar-refractivity contribution in [2.75, 3.05) is 11.9 Å². The third-order valence-electron chi connectivity index (χ3n) is 7.27. The molecule has 1 fully saturated rings. The molecule has 0 radical (unpaired) electrons. The molecule has 0 spiro atoms. The van der Waals surface area contributed by atoms with Crippen molar-refractivity contribution < 1.29 is 23.5 Å². The molecule has 11 heteroatoms. The Morgan fingerprint density at radius 3 is 2.78 bits per heavy atom. The van der Waals surface area contributed by atoms with Gasteiger partial charge in [-0.3, -0.25) is 0 Å². The molecule has 5 rings (SSSR count). The van der Waals surface area contributed by atoms with E-state index in [1.165, 1.54) is 29.8 Å². The number of quaternary nitrogens is 1. The number of fused-ring (bicyclic) bond motifs is 1. The minimum atomic E-state index is -0.914. The van der Waals surface area contributed by atoms with Crippen molar-refractivity contribution in [3.63, 3.8) is 0 Å². The Labute approximate surface area is 246 Å². The van der Waals surface area contributed by atoms with Gasteiger partial charge in [-0.05, 0) is 74.6 Å². The van der Waals surface area contributed by atoms with E-state index in [-0.39, 0.29) is 22.9 Å². The lowest BCUT2D eigenvalue weighted by atomic mass is 10.00. The number of nitrogens with one attached hydrogen (secondary N) is 1.